The number of furan rings is 1. The number of carbonyl (C=O) groups excluding carboxylic acids is 2. The van der Waals surface area contributed by atoms with E-state index in [1.54, 1.807) is 0 Å². The maximum absolute atomic E-state index is 12.3. The lowest BCUT2D eigenvalue weighted by Crippen LogP contribution is -2.45. The second kappa shape index (κ2) is 6.16. The van der Waals surface area contributed by atoms with Crippen molar-refractivity contribution >= 4 is 17.9 Å². The van der Waals surface area contributed by atoms with Gasteiger partial charge in [0.15, 0.2) is 5.76 Å². The molecule has 0 bridgehead atoms. The summed E-state index contributed by atoms with van der Waals surface area (Å²) < 4.78 is 5.63. The van der Waals surface area contributed by atoms with E-state index in [-0.39, 0.29) is 17.6 Å². The molecule has 1 heterocycles. The molecule has 1 aromatic rings. The number of nitrogens with two attached hydrogens (primary N) is 1. The first-order valence-electron chi connectivity index (χ1n) is 7.29. The zero-order valence-corrected chi connectivity index (χ0v) is 12.7. The minimum Gasteiger partial charge on any atom is -0.451 e. The summed E-state index contributed by atoms with van der Waals surface area (Å²) in [7, 11) is 0. The average molecular weight is 290 g/mol. The first-order chi connectivity index (χ1) is 9.90. The number of hydrogen-bond donors (Lipinski definition) is 2. The van der Waals surface area contributed by atoms with Gasteiger partial charge in [-0.3, -0.25) is 9.59 Å². The van der Waals surface area contributed by atoms with Gasteiger partial charge in [0.25, 0.3) is 5.91 Å². The van der Waals surface area contributed by atoms with Crippen LogP contribution in [0, 0.1) is 12.8 Å². The fraction of sp³-hybridized carbons (Fsp3) is 0.500. The molecule has 0 aromatic carbocycles. The van der Waals surface area contributed by atoms with E-state index >= 15 is 0 Å². The normalized spacial score (nSPS) is 14.9. The van der Waals surface area contributed by atoms with Crippen LogP contribution < -0.4 is 11.1 Å². The van der Waals surface area contributed by atoms with Gasteiger partial charge in [-0.15, -0.1) is 0 Å². The van der Waals surface area contributed by atoms with Crippen molar-refractivity contribution in [2.24, 2.45) is 11.7 Å². The smallest absolute Gasteiger partial charge is 0.287 e. The van der Waals surface area contributed by atoms with E-state index in [9.17, 15) is 9.59 Å². The van der Waals surface area contributed by atoms with E-state index in [0.717, 1.165) is 29.7 Å². The van der Waals surface area contributed by atoms with Crippen LogP contribution in [0.5, 0.6) is 0 Å². The summed E-state index contributed by atoms with van der Waals surface area (Å²) in [5.74, 6) is 0.382. The van der Waals surface area contributed by atoms with Gasteiger partial charge in [-0.25, -0.2) is 0 Å². The first-order valence-corrected chi connectivity index (χ1v) is 7.29. The SMILES string of the molecule is Cc1c(C(=O)N[C@@H](CC(C)C)C(N)=O)oc2c1CCC=C2. The number of rotatable bonds is 5. The monoisotopic (exact) mass is 290 g/mol. The van der Waals surface area contributed by atoms with Gasteiger partial charge in [-0.2, -0.15) is 0 Å². The van der Waals surface area contributed by atoms with Crippen LogP contribution in [0.25, 0.3) is 6.08 Å². The molecule has 114 valence electrons. The van der Waals surface area contributed by atoms with Crippen molar-refractivity contribution in [1.29, 1.82) is 0 Å². The molecule has 1 aliphatic carbocycles. The van der Waals surface area contributed by atoms with Gasteiger partial charge in [-0.05, 0) is 38.2 Å². The molecule has 0 fully saturated rings. The predicted octanol–water partition coefficient (Wildman–Crippen LogP) is 2.18. The Labute approximate surface area is 124 Å². The lowest BCUT2D eigenvalue weighted by atomic mass is 10.00. The standard InChI is InChI=1S/C16H22N2O3/c1-9(2)8-12(15(17)19)18-16(20)14-10(3)11-6-4-5-7-13(11)21-14/h5,7,9,12H,4,6,8H2,1-3H3,(H2,17,19)(H,18,20)/t12-/m0/s1. The predicted molar refractivity (Wildman–Crippen MR) is 80.7 cm³/mol. The van der Waals surface area contributed by atoms with E-state index in [1.807, 2.05) is 32.9 Å². The molecule has 2 amide bonds. The molecule has 5 heteroatoms. The Morgan fingerprint density at radius 1 is 1.43 bits per heavy atom. The molecule has 0 saturated heterocycles. The molecule has 2 rings (SSSR count). The number of primary amides is 1. The molecule has 1 aromatic heterocycles. The first kappa shape index (κ1) is 15.4. The van der Waals surface area contributed by atoms with Gasteiger partial charge in [0, 0.05) is 11.1 Å². The molecule has 0 unspecified atom stereocenters. The molecule has 5 nitrogen and oxygen atoms in total. The van der Waals surface area contributed by atoms with Crippen molar-refractivity contribution in [3.63, 3.8) is 0 Å². The second-order valence-electron chi connectivity index (χ2n) is 5.90. The number of hydrogen-bond acceptors (Lipinski definition) is 3. The Hall–Kier alpha value is -2.04. The summed E-state index contributed by atoms with van der Waals surface area (Å²) in [6.45, 7) is 5.83. The maximum Gasteiger partial charge on any atom is 0.287 e. The van der Waals surface area contributed by atoms with Gasteiger partial charge in [0.05, 0.1) is 0 Å². The molecule has 0 aliphatic heterocycles. The molecule has 0 radical (unpaired) electrons. The number of amides is 2. The topological polar surface area (TPSA) is 85.3 Å². The van der Waals surface area contributed by atoms with Gasteiger partial charge < -0.3 is 15.5 Å². The number of allylic oxidation sites excluding steroid dienone is 1. The zero-order valence-electron chi connectivity index (χ0n) is 12.7. The second-order valence-corrected chi connectivity index (χ2v) is 5.90. The molecular weight excluding hydrogens is 268 g/mol. The van der Waals surface area contributed by atoms with E-state index in [1.165, 1.54) is 0 Å². The molecule has 0 spiro atoms. The van der Waals surface area contributed by atoms with Crippen LogP contribution in [0.1, 0.15) is 54.1 Å². The van der Waals surface area contributed by atoms with E-state index in [0.29, 0.717) is 6.42 Å². The van der Waals surface area contributed by atoms with Crippen molar-refractivity contribution in [3.05, 3.63) is 28.7 Å². The van der Waals surface area contributed by atoms with E-state index < -0.39 is 11.9 Å². The molecule has 3 N–H and O–H groups in total. The zero-order chi connectivity index (χ0) is 15.6. The third kappa shape index (κ3) is 3.35. The lowest BCUT2D eigenvalue weighted by molar-refractivity contribution is -0.120. The summed E-state index contributed by atoms with van der Waals surface area (Å²) in [6, 6.07) is -0.672. The van der Waals surface area contributed by atoms with Crippen molar-refractivity contribution in [3.8, 4) is 0 Å². The summed E-state index contributed by atoms with van der Waals surface area (Å²) in [6.07, 6.45) is 6.26. The molecule has 1 aliphatic rings. The largest absolute Gasteiger partial charge is 0.451 e. The number of carbonyl (C=O) groups is 2. The van der Waals surface area contributed by atoms with Crippen LogP contribution in [-0.4, -0.2) is 17.9 Å². The Morgan fingerprint density at radius 3 is 2.71 bits per heavy atom. The summed E-state index contributed by atoms with van der Waals surface area (Å²) in [4.78, 5) is 23.8. The summed E-state index contributed by atoms with van der Waals surface area (Å²) >= 11 is 0. The van der Waals surface area contributed by atoms with E-state index in [2.05, 4.69) is 5.32 Å². The van der Waals surface area contributed by atoms with Crippen LogP contribution in [0.3, 0.4) is 0 Å². The van der Waals surface area contributed by atoms with Crippen molar-refractivity contribution < 1.29 is 14.0 Å². The van der Waals surface area contributed by atoms with Crippen molar-refractivity contribution in [2.45, 2.75) is 46.1 Å². The minimum absolute atomic E-state index is 0.261. The molecule has 0 saturated carbocycles. The fourth-order valence-electron chi connectivity index (χ4n) is 2.59. The van der Waals surface area contributed by atoms with Gasteiger partial charge >= 0.3 is 0 Å². The highest BCUT2D eigenvalue weighted by Crippen LogP contribution is 2.28. The Morgan fingerprint density at radius 2 is 2.14 bits per heavy atom. The van der Waals surface area contributed by atoms with E-state index in [4.69, 9.17) is 10.2 Å². The third-order valence-corrected chi connectivity index (χ3v) is 3.70. The van der Waals surface area contributed by atoms with Gasteiger partial charge in [0.1, 0.15) is 11.8 Å². The maximum atomic E-state index is 12.3. The number of nitrogens with one attached hydrogen (secondary N) is 1. The van der Waals surface area contributed by atoms with Crippen molar-refractivity contribution in [1.82, 2.24) is 5.32 Å². The lowest BCUT2D eigenvalue weighted by Gasteiger charge is -2.16. The number of fused-ring (bicyclic) bond motifs is 1. The molecule has 1 atom stereocenters. The fourth-order valence-corrected chi connectivity index (χ4v) is 2.59. The highest BCUT2D eigenvalue weighted by Gasteiger charge is 2.26. The summed E-state index contributed by atoms with van der Waals surface area (Å²) in [5.41, 5.74) is 7.27. The van der Waals surface area contributed by atoms with Crippen molar-refractivity contribution in [2.75, 3.05) is 0 Å². The Kier molecular flexibility index (Phi) is 4.50. The summed E-state index contributed by atoms with van der Waals surface area (Å²) in [5, 5.41) is 2.68. The Bertz CT molecular complexity index is 585. The quantitative estimate of drug-likeness (QED) is 0.871. The van der Waals surface area contributed by atoms with Crippen LogP contribution in [-0.2, 0) is 11.2 Å². The van der Waals surface area contributed by atoms with Crippen LogP contribution in [0.15, 0.2) is 10.5 Å². The van der Waals surface area contributed by atoms with Gasteiger partial charge in [0.2, 0.25) is 5.91 Å². The van der Waals surface area contributed by atoms with Gasteiger partial charge in [-0.1, -0.05) is 19.9 Å². The van der Waals surface area contributed by atoms with Crippen LogP contribution in [0.2, 0.25) is 0 Å². The average Bonchev–Trinajstić information content (AvgIpc) is 2.75. The Balaban J connectivity index is 2.18. The highest BCUT2D eigenvalue weighted by atomic mass is 16.4. The van der Waals surface area contributed by atoms with Crippen LogP contribution in [0.4, 0.5) is 0 Å². The highest BCUT2D eigenvalue weighted by molar-refractivity contribution is 5.96. The molecular formula is C16H22N2O3. The third-order valence-electron chi connectivity index (χ3n) is 3.70. The van der Waals surface area contributed by atoms with Crippen LogP contribution >= 0.6 is 0 Å². The molecule has 21 heavy (non-hydrogen) atoms. The minimum atomic E-state index is -0.672.